The lowest BCUT2D eigenvalue weighted by Gasteiger charge is -2.25. The molecule has 4 aliphatic rings. The van der Waals surface area contributed by atoms with Crippen molar-refractivity contribution in [3.8, 4) is 0 Å². The number of rotatable bonds is 4. The molecule has 2 aliphatic carbocycles. The van der Waals surface area contributed by atoms with Crippen LogP contribution in [0.5, 0.6) is 0 Å². The summed E-state index contributed by atoms with van der Waals surface area (Å²) in [6.07, 6.45) is 6.99. The Morgan fingerprint density at radius 3 is 2.56 bits per heavy atom. The first-order valence-electron chi connectivity index (χ1n) is 10.4. The van der Waals surface area contributed by atoms with Gasteiger partial charge in [-0.05, 0) is 38.0 Å². The third kappa shape index (κ3) is 2.97. The van der Waals surface area contributed by atoms with Crippen LogP contribution >= 0.6 is 0 Å². The van der Waals surface area contributed by atoms with E-state index in [1.165, 1.54) is 0 Å². The number of amidine groups is 1. The minimum Gasteiger partial charge on any atom is -0.342 e. The summed E-state index contributed by atoms with van der Waals surface area (Å²) in [5.74, 6) is 1.98. The molecule has 0 aromatic heterocycles. The predicted molar refractivity (Wildman–Crippen MR) is 103 cm³/mol. The van der Waals surface area contributed by atoms with Gasteiger partial charge in [-0.1, -0.05) is 43.2 Å². The Kier molecular flexibility index (Phi) is 4.06. The molecule has 3 fully saturated rings. The van der Waals surface area contributed by atoms with Gasteiger partial charge in [0.15, 0.2) is 0 Å². The zero-order chi connectivity index (χ0) is 18.4. The number of nitrogens with zero attached hydrogens (tertiary/aromatic N) is 3. The quantitative estimate of drug-likeness (QED) is 0.824. The second-order valence-corrected chi connectivity index (χ2v) is 8.67. The first-order valence-corrected chi connectivity index (χ1v) is 10.4. The van der Waals surface area contributed by atoms with Crippen LogP contribution in [0.25, 0.3) is 0 Å². The van der Waals surface area contributed by atoms with E-state index in [1.54, 1.807) is 0 Å². The summed E-state index contributed by atoms with van der Waals surface area (Å²) in [4.78, 5) is 34.7. The molecule has 2 amide bonds. The topological polar surface area (TPSA) is 53.0 Å². The molecule has 2 heterocycles. The molecule has 1 aromatic carbocycles. The first-order chi connectivity index (χ1) is 13.2. The lowest BCUT2D eigenvalue weighted by atomic mass is 9.97. The number of aliphatic imine (C=N–C) groups is 1. The predicted octanol–water partition coefficient (Wildman–Crippen LogP) is 2.85. The molecule has 0 radical (unpaired) electrons. The number of carbonyl (C=O) groups excluding carboxylic acids is 2. The van der Waals surface area contributed by atoms with Crippen molar-refractivity contribution in [2.24, 2.45) is 16.8 Å². The van der Waals surface area contributed by atoms with E-state index in [2.05, 4.69) is 0 Å². The van der Waals surface area contributed by atoms with E-state index in [-0.39, 0.29) is 11.8 Å². The molecule has 27 heavy (non-hydrogen) atoms. The average molecular weight is 365 g/mol. The molecule has 0 bridgehead atoms. The van der Waals surface area contributed by atoms with Gasteiger partial charge in [-0.2, -0.15) is 0 Å². The fourth-order valence-electron chi connectivity index (χ4n) is 4.95. The molecule has 1 spiro atoms. The van der Waals surface area contributed by atoms with E-state index < -0.39 is 5.54 Å². The molecule has 0 N–H and O–H groups in total. The molecule has 1 saturated heterocycles. The van der Waals surface area contributed by atoms with Crippen LogP contribution in [-0.4, -0.2) is 52.6 Å². The summed E-state index contributed by atoms with van der Waals surface area (Å²) in [6.45, 7) is 2.31. The minimum absolute atomic E-state index is 0.186. The first kappa shape index (κ1) is 17.0. The van der Waals surface area contributed by atoms with E-state index in [4.69, 9.17) is 4.99 Å². The molecule has 5 rings (SSSR count). The summed E-state index contributed by atoms with van der Waals surface area (Å²) in [6, 6.07) is 10.1. The van der Waals surface area contributed by atoms with E-state index in [9.17, 15) is 9.59 Å². The fraction of sp³-hybridized carbons (Fsp3) is 0.591. The van der Waals surface area contributed by atoms with Crippen molar-refractivity contribution < 1.29 is 9.59 Å². The SMILES string of the molecule is O=C(C1CC1)N1CC[C@@H](CN2C(=O)C3(CCCC3)N=C2c2ccccc2)C1. The zero-order valence-corrected chi connectivity index (χ0v) is 15.8. The lowest BCUT2D eigenvalue weighted by molar-refractivity contribution is -0.131. The average Bonchev–Trinajstić information content (AvgIpc) is 3.15. The largest absolute Gasteiger partial charge is 0.342 e. The van der Waals surface area contributed by atoms with Gasteiger partial charge < -0.3 is 4.90 Å². The molecule has 0 unspecified atom stereocenters. The molecule has 2 aliphatic heterocycles. The van der Waals surface area contributed by atoms with Crippen LogP contribution in [0.4, 0.5) is 0 Å². The van der Waals surface area contributed by atoms with Crippen LogP contribution in [0.15, 0.2) is 35.3 Å². The van der Waals surface area contributed by atoms with Crippen LogP contribution in [0.1, 0.15) is 50.5 Å². The van der Waals surface area contributed by atoms with Crippen molar-refractivity contribution >= 4 is 17.6 Å². The Balaban J connectivity index is 1.36. The van der Waals surface area contributed by atoms with Gasteiger partial charge in [0.05, 0.1) is 0 Å². The number of carbonyl (C=O) groups is 2. The summed E-state index contributed by atoms with van der Waals surface area (Å²) >= 11 is 0. The van der Waals surface area contributed by atoms with Gasteiger partial charge in [0.1, 0.15) is 11.4 Å². The standard InChI is InChI=1S/C22H27N3O2/c26-20(18-8-9-18)24-13-10-16(14-24)15-25-19(17-6-2-1-3-7-17)23-22(21(25)27)11-4-5-12-22/h1-3,6-7,16,18H,4-5,8-15H2/t16-/m1/s1. The minimum atomic E-state index is -0.521. The number of likely N-dealkylation sites (tertiary alicyclic amines) is 1. The number of benzene rings is 1. The van der Waals surface area contributed by atoms with Crippen molar-refractivity contribution in [3.63, 3.8) is 0 Å². The monoisotopic (exact) mass is 365 g/mol. The molecule has 5 heteroatoms. The third-order valence-electron chi connectivity index (χ3n) is 6.65. The molecule has 5 nitrogen and oxygen atoms in total. The van der Waals surface area contributed by atoms with Gasteiger partial charge in [-0.25, -0.2) is 0 Å². The molecule has 142 valence electrons. The smallest absolute Gasteiger partial charge is 0.256 e. The zero-order valence-electron chi connectivity index (χ0n) is 15.8. The van der Waals surface area contributed by atoms with Crippen LogP contribution < -0.4 is 0 Å². The van der Waals surface area contributed by atoms with Gasteiger partial charge in [-0.15, -0.1) is 0 Å². The summed E-state index contributed by atoms with van der Waals surface area (Å²) < 4.78 is 0. The van der Waals surface area contributed by atoms with E-state index >= 15 is 0 Å². The Morgan fingerprint density at radius 2 is 1.85 bits per heavy atom. The number of hydrogen-bond donors (Lipinski definition) is 0. The lowest BCUT2D eigenvalue weighted by Crippen LogP contribution is -2.44. The van der Waals surface area contributed by atoms with Crippen LogP contribution in [0.2, 0.25) is 0 Å². The highest BCUT2D eigenvalue weighted by atomic mass is 16.2. The van der Waals surface area contributed by atoms with Gasteiger partial charge in [-0.3, -0.25) is 19.5 Å². The summed E-state index contributed by atoms with van der Waals surface area (Å²) in [5.41, 5.74) is 0.506. The molecule has 1 atom stereocenters. The van der Waals surface area contributed by atoms with Gasteiger partial charge in [0, 0.05) is 31.1 Å². The summed E-state index contributed by atoms with van der Waals surface area (Å²) in [5, 5.41) is 0. The molecular weight excluding hydrogens is 338 g/mol. The summed E-state index contributed by atoms with van der Waals surface area (Å²) in [7, 11) is 0. The van der Waals surface area contributed by atoms with Crippen LogP contribution in [0, 0.1) is 11.8 Å². The molecule has 1 aromatic rings. The van der Waals surface area contributed by atoms with E-state index in [1.807, 2.05) is 40.1 Å². The van der Waals surface area contributed by atoms with Crippen molar-refractivity contribution in [2.75, 3.05) is 19.6 Å². The Hall–Kier alpha value is -2.17. The number of amides is 2. The van der Waals surface area contributed by atoms with Crippen LogP contribution in [0.3, 0.4) is 0 Å². The fourth-order valence-corrected chi connectivity index (χ4v) is 4.95. The maximum atomic E-state index is 13.4. The maximum Gasteiger partial charge on any atom is 0.256 e. The van der Waals surface area contributed by atoms with Gasteiger partial charge >= 0.3 is 0 Å². The van der Waals surface area contributed by atoms with E-state index in [0.717, 1.165) is 69.4 Å². The highest BCUT2D eigenvalue weighted by Crippen LogP contribution is 2.40. The van der Waals surface area contributed by atoms with Crippen LogP contribution in [-0.2, 0) is 9.59 Å². The highest BCUT2D eigenvalue weighted by Gasteiger charge is 2.50. The molecule has 2 saturated carbocycles. The van der Waals surface area contributed by atoms with Crippen molar-refractivity contribution in [1.29, 1.82) is 0 Å². The number of hydrogen-bond acceptors (Lipinski definition) is 3. The van der Waals surface area contributed by atoms with E-state index in [0.29, 0.717) is 18.4 Å². The van der Waals surface area contributed by atoms with Crippen molar-refractivity contribution in [2.45, 2.75) is 50.5 Å². The maximum absolute atomic E-state index is 13.4. The Labute approximate surface area is 160 Å². The third-order valence-corrected chi connectivity index (χ3v) is 6.65. The Bertz CT molecular complexity index is 778. The normalized spacial score (nSPS) is 26.9. The Morgan fingerprint density at radius 1 is 1.11 bits per heavy atom. The van der Waals surface area contributed by atoms with Gasteiger partial charge in [0.2, 0.25) is 5.91 Å². The second kappa shape index (κ2) is 6.47. The second-order valence-electron chi connectivity index (χ2n) is 8.67. The molecular formula is C22H27N3O2. The van der Waals surface area contributed by atoms with Crippen molar-refractivity contribution in [1.82, 2.24) is 9.80 Å². The van der Waals surface area contributed by atoms with Crippen molar-refractivity contribution in [3.05, 3.63) is 35.9 Å². The van der Waals surface area contributed by atoms with Gasteiger partial charge in [0.25, 0.3) is 5.91 Å². The highest BCUT2D eigenvalue weighted by molar-refractivity contribution is 6.15.